The molecule has 5 heteroatoms. The quantitative estimate of drug-likeness (QED) is 0.879. The molecule has 0 radical (unpaired) electrons. The van der Waals surface area contributed by atoms with E-state index in [1.807, 2.05) is 30.3 Å². The van der Waals surface area contributed by atoms with Crippen LogP contribution >= 0.6 is 0 Å². The SMILES string of the molecule is COC1(OC)Cc2c(O)cccc2OC1(OC)c1ccccc1. The predicted octanol–water partition coefficient (Wildman–Crippen LogP) is 2.82. The summed E-state index contributed by atoms with van der Waals surface area (Å²) in [6.07, 6.45) is 0.282. The molecule has 5 nitrogen and oxygen atoms in total. The van der Waals surface area contributed by atoms with Crippen LogP contribution in [0.3, 0.4) is 0 Å². The van der Waals surface area contributed by atoms with E-state index in [9.17, 15) is 5.11 Å². The first kappa shape index (κ1) is 15.8. The second-order valence-electron chi connectivity index (χ2n) is 5.38. The highest BCUT2D eigenvalue weighted by Gasteiger charge is 2.61. The van der Waals surface area contributed by atoms with Crippen LogP contribution in [0.4, 0.5) is 0 Å². The number of phenols is 1. The molecule has 0 aliphatic carbocycles. The lowest BCUT2D eigenvalue weighted by Crippen LogP contribution is -2.62. The number of rotatable bonds is 4. The Labute approximate surface area is 135 Å². The highest BCUT2D eigenvalue weighted by atomic mass is 16.8. The molecule has 2 aromatic rings. The van der Waals surface area contributed by atoms with Gasteiger partial charge in [-0.05, 0) is 12.1 Å². The number of hydrogen-bond donors (Lipinski definition) is 1. The summed E-state index contributed by atoms with van der Waals surface area (Å²) < 4.78 is 23.4. The maximum Gasteiger partial charge on any atom is 0.292 e. The summed E-state index contributed by atoms with van der Waals surface area (Å²) in [5.74, 6) is -1.85. The average molecular weight is 316 g/mol. The average Bonchev–Trinajstić information content (AvgIpc) is 2.61. The lowest BCUT2D eigenvalue weighted by Gasteiger charge is -2.49. The third-order valence-electron chi connectivity index (χ3n) is 4.37. The Bertz CT molecular complexity index is 681. The molecule has 122 valence electrons. The minimum atomic E-state index is -1.29. The molecule has 0 amide bonds. The van der Waals surface area contributed by atoms with Gasteiger partial charge in [0, 0.05) is 38.9 Å². The lowest BCUT2D eigenvalue weighted by molar-refractivity contribution is -0.384. The number of methoxy groups -OCH3 is 3. The number of fused-ring (bicyclic) bond motifs is 1. The summed E-state index contributed by atoms with van der Waals surface area (Å²) in [5, 5.41) is 10.2. The van der Waals surface area contributed by atoms with E-state index in [0.29, 0.717) is 11.3 Å². The van der Waals surface area contributed by atoms with Crippen molar-refractivity contribution in [3.8, 4) is 11.5 Å². The highest BCUT2D eigenvalue weighted by Crippen LogP contribution is 2.50. The molecule has 0 fully saturated rings. The van der Waals surface area contributed by atoms with E-state index in [2.05, 4.69) is 0 Å². The topological polar surface area (TPSA) is 57.2 Å². The van der Waals surface area contributed by atoms with E-state index >= 15 is 0 Å². The minimum absolute atomic E-state index is 0.138. The fourth-order valence-corrected chi connectivity index (χ4v) is 3.16. The highest BCUT2D eigenvalue weighted by molar-refractivity contribution is 5.48. The Kier molecular flexibility index (Phi) is 4.02. The van der Waals surface area contributed by atoms with Crippen LogP contribution < -0.4 is 4.74 Å². The molecule has 1 aliphatic rings. The second kappa shape index (κ2) is 5.85. The first-order valence-corrected chi connectivity index (χ1v) is 7.33. The van der Waals surface area contributed by atoms with Gasteiger partial charge in [-0.1, -0.05) is 36.4 Å². The minimum Gasteiger partial charge on any atom is -0.508 e. The Morgan fingerprint density at radius 3 is 2.22 bits per heavy atom. The molecular weight excluding hydrogens is 296 g/mol. The second-order valence-corrected chi connectivity index (χ2v) is 5.38. The first-order valence-electron chi connectivity index (χ1n) is 7.33. The standard InChI is InChI=1S/C18H20O5/c1-20-17(21-2)12-14-15(19)10-7-11-16(14)23-18(17,22-3)13-8-5-4-6-9-13/h4-11,19H,12H2,1-3H3. The summed E-state index contributed by atoms with van der Waals surface area (Å²) in [6.45, 7) is 0. The van der Waals surface area contributed by atoms with Crippen LogP contribution in [-0.4, -0.2) is 32.2 Å². The van der Waals surface area contributed by atoms with Crippen LogP contribution in [0.5, 0.6) is 11.5 Å². The zero-order valence-electron chi connectivity index (χ0n) is 13.4. The zero-order valence-corrected chi connectivity index (χ0v) is 13.4. The zero-order chi connectivity index (χ0) is 16.5. The number of aromatic hydroxyl groups is 1. The molecule has 0 bridgehead atoms. The Hall–Kier alpha value is -2.08. The number of phenolic OH excluding ortho intramolecular Hbond substituents is 1. The van der Waals surface area contributed by atoms with Crippen molar-refractivity contribution in [3.63, 3.8) is 0 Å². The van der Waals surface area contributed by atoms with Gasteiger partial charge in [-0.15, -0.1) is 0 Å². The van der Waals surface area contributed by atoms with E-state index in [1.165, 1.54) is 14.2 Å². The van der Waals surface area contributed by atoms with Crippen molar-refractivity contribution in [2.45, 2.75) is 18.0 Å². The molecule has 2 aromatic carbocycles. The van der Waals surface area contributed by atoms with Crippen LogP contribution in [0, 0.1) is 0 Å². The van der Waals surface area contributed by atoms with Crippen molar-refractivity contribution in [3.05, 3.63) is 59.7 Å². The van der Waals surface area contributed by atoms with Crippen LogP contribution in [0.1, 0.15) is 11.1 Å². The van der Waals surface area contributed by atoms with Crippen LogP contribution in [-0.2, 0) is 26.4 Å². The Morgan fingerprint density at radius 2 is 1.61 bits per heavy atom. The number of ether oxygens (including phenoxy) is 4. The molecule has 3 rings (SSSR count). The normalized spacial score (nSPS) is 22.2. The molecule has 0 saturated heterocycles. The van der Waals surface area contributed by atoms with E-state index in [1.54, 1.807) is 25.3 Å². The van der Waals surface area contributed by atoms with Crippen LogP contribution in [0.15, 0.2) is 48.5 Å². The molecule has 23 heavy (non-hydrogen) atoms. The number of benzene rings is 2. The number of hydrogen-bond acceptors (Lipinski definition) is 5. The summed E-state index contributed by atoms with van der Waals surface area (Å²) in [7, 11) is 4.62. The molecule has 1 heterocycles. The van der Waals surface area contributed by atoms with Crippen molar-refractivity contribution in [2.24, 2.45) is 0 Å². The molecule has 1 unspecified atom stereocenters. The van der Waals surface area contributed by atoms with Gasteiger partial charge in [-0.2, -0.15) is 0 Å². The van der Waals surface area contributed by atoms with E-state index in [0.717, 1.165) is 5.56 Å². The summed E-state index contributed by atoms with van der Waals surface area (Å²) >= 11 is 0. The summed E-state index contributed by atoms with van der Waals surface area (Å²) in [5.41, 5.74) is 1.39. The smallest absolute Gasteiger partial charge is 0.292 e. The van der Waals surface area contributed by atoms with Gasteiger partial charge in [0.05, 0.1) is 0 Å². The van der Waals surface area contributed by atoms with Gasteiger partial charge in [0.15, 0.2) is 0 Å². The molecule has 1 aliphatic heterocycles. The maximum atomic E-state index is 10.2. The van der Waals surface area contributed by atoms with Gasteiger partial charge in [0.2, 0.25) is 5.79 Å². The lowest BCUT2D eigenvalue weighted by atomic mass is 9.87. The van der Waals surface area contributed by atoms with Crippen molar-refractivity contribution < 1.29 is 24.1 Å². The predicted molar refractivity (Wildman–Crippen MR) is 84.3 cm³/mol. The van der Waals surface area contributed by atoms with Gasteiger partial charge in [-0.25, -0.2) is 0 Å². The Morgan fingerprint density at radius 1 is 0.913 bits per heavy atom. The third kappa shape index (κ3) is 2.20. The van der Waals surface area contributed by atoms with E-state index in [-0.39, 0.29) is 12.2 Å². The third-order valence-corrected chi connectivity index (χ3v) is 4.37. The molecular formula is C18H20O5. The Balaban J connectivity index is 2.24. The van der Waals surface area contributed by atoms with Gasteiger partial charge >= 0.3 is 0 Å². The monoisotopic (exact) mass is 316 g/mol. The van der Waals surface area contributed by atoms with Crippen molar-refractivity contribution >= 4 is 0 Å². The largest absolute Gasteiger partial charge is 0.508 e. The molecule has 1 N–H and O–H groups in total. The van der Waals surface area contributed by atoms with Crippen LogP contribution in [0.25, 0.3) is 0 Å². The molecule has 0 spiro atoms. The van der Waals surface area contributed by atoms with Crippen molar-refractivity contribution in [2.75, 3.05) is 21.3 Å². The fourth-order valence-electron chi connectivity index (χ4n) is 3.16. The van der Waals surface area contributed by atoms with E-state index < -0.39 is 11.6 Å². The molecule has 0 saturated carbocycles. The van der Waals surface area contributed by atoms with Crippen LogP contribution in [0.2, 0.25) is 0 Å². The van der Waals surface area contributed by atoms with Gasteiger partial charge in [-0.3, -0.25) is 0 Å². The summed E-state index contributed by atoms with van der Waals surface area (Å²) in [6, 6.07) is 14.6. The van der Waals surface area contributed by atoms with Gasteiger partial charge in [0.25, 0.3) is 5.79 Å². The maximum absolute atomic E-state index is 10.2. The van der Waals surface area contributed by atoms with Crippen molar-refractivity contribution in [1.29, 1.82) is 0 Å². The fraction of sp³-hybridized carbons (Fsp3) is 0.333. The molecule has 0 aromatic heterocycles. The summed E-state index contributed by atoms with van der Waals surface area (Å²) in [4.78, 5) is 0. The van der Waals surface area contributed by atoms with Crippen molar-refractivity contribution in [1.82, 2.24) is 0 Å². The van der Waals surface area contributed by atoms with Gasteiger partial charge < -0.3 is 24.1 Å². The molecule has 1 atom stereocenters. The van der Waals surface area contributed by atoms with Gasteiger partial charge in [0.1, 0.15) is 11.5 Å². The first-order chi connectivity index (χ1) is 11.1. The van der Waals surface area contributed by atoms with E-state index in [4.69, 9.17) is 18.9 Å².